The van der Waals surface area contributed by atoms with Crippen molar-refractivity contribution in [3.63, 3.8) is 0 Å². The van der Waals surface area contributed by atoms with Gasteiger partial charge < -0.3 is 0 Å². The average molecular weight is 281 g/mol. The van der Waals surface area contributed by atoms with Crippen LogP contribution in [0, 0.1) is 11.8 Å². The van der Waals surface area contributed by atoms with Gasteiger partial charge in [0, 0.05) is 18.9 Å². The van der Waals surface area contributed by atoms with E-state index in [1.165, 1.54) is 4.90 Å². The quantitative estimate of drug-likeness (QED) is 0.611. The molecule has 1 aromatic rings. The standard InChI is InChI=1S/C17H15NO3/c1-2-7-18-16(20)14-11-8-12(19)13(15(14)17(18)21)10-6-4-3-5-9(10)11/h2-6,11,13-15H,1,7-8H2/t11-,13-,14-,15+/m1/s1. The molecule has 2 amide bonds. The molecule has 1 aromatic carbocycles. The molecular weight excluding hydrogens is 266 g/mol. The molecule has 4 heteroatoms. The minimum absolute atomic E-state index is 0.0987. The molecule has 1 heterocycles. The second-order valence-electron chi connectivity index (χ2n) is 6.01. The van der Waals surface area contributed by atoms with E-state index in [2.05, 4.69) is 6.58 Å². The topological polar surface area (TPSA) is 54.5 Å². The third kappa shape index (κ3) is 1.42. The maximum atomic E-state index is 12.6. The zero-order valence-electron chi connectivity index (χ0n) is 11.5. The number of carbonyl (C=O) groups is 3. The Morgan fingerprint density at radius 3 is 2.48 bits per heavy atom. The summed E-state index contributed by atoms with van der Waals surface area (Å²) in [5.41, 5.74) is 2.02. The molecule has 106 valence electrons. The second-order valence-corrected chi connectivity index (χ2v) is 6.01. The van der Waals surface area contributed by atoms with Gasteiger partial charge in [0.05, 0.1) is 17.8 Å². The van der Waals surface area contributed by atoms with Crippen molar-refractivity contribution >= 4 is 17.6 Å². The van der Waals surface area contributed by atoms with Crippen LogP contribution >= 0.6 is 0 Å². The van der Waals surface area contributed by atoms with E-state index in [1.54, 1.807) is 6.08 Å². The Morgan fingerprint density at radius 1 is 1.10 bits per heavy atom. The molecule has 0 aromatic heterocycles. The molecule has 0 unspecified atom stereocenters. The maximum Gasteiger partial charge on any atom is 0.234 e. The van der Waals surface area contributed by atoms with Crippen LogP contribution in [0.5, 0.6) is 0 Å². The molecule has 1 aliphatic heterocycles. The van der Waals surface area contributed by atoms with Crippen LogP contribution in [0.3, 0.4) is 0 Å². The first kappa shape index (κ1) is 12.5. The summed E-state index contributed by atoms with van der Waals surface area (Å²) in [5, 5.41) is 0. The van der Waals surface area contributed by atoms with Gasteiger partial charge in [-0.15, -0.1) is 6.58 Å². The fourth-order valence-corrected chi connectivity index (χ4v) is 4.33. The highest BCUT2D eigenvalue weighted by Crippen LogP contribution is 2.57. The number of ketones is 1. The second kappa shape index (κ2) is 4.13. The van der Waals surface area contributed by atoms with Gasteiger partial charge in [-0.1, -0.05) is 30.3 Å². The van der Waals surface area contributed by atoms with Crippen molar-refractivity contribution in [1.82, 2.24) is 4.90 Å². The number of Topliss-reactive ketones (excluding diaryl/α,β-unsaturated/α-hetero) is 1. The van der Waals surface area contributed by atoms with E-state index in [0.29, 0.717) is 6.42 Å². The van der Waals surface area contributed by atoms with E-state index in [1.807, 2.05) is 24.3 Å². The Labute approximate surface area is 122 Å². The Bertz CT molecular complexity index is 693. The van der Waals surface area contributed by atoms with Gasteiger partial charge in [-0.2, -0.15) is 0 Å². The molecule has 1 saturated carbocycles. The van der Waals surface area contributed by atoms with Crippen LogP contribution in [-0.4, -0.2) is 29.0 Å². The zero-order valence-corrected chi connectivity index (χ0v) is 11.5. The highest BCUT2D eigenvalue weighted by Gasteiger charge is 2.62. The van der Waals surface area contributed by atoms with Gasteiger partial charge >= 0.3 is 0 Å². The molecular formula is C17H15NO3. The molecule has 0 N–H and O–H groups in total. The highest BCUT2D eigenvalue weighted by atomic mass is 16.2. The van der Waals surface area contributed by atoms with E-state index < -0.39 is 11.8 Å². The monoisotopic (exact) mass is 281 g/mol. The number of nitrogens with zero attached hydrogens (tertiary/aromatic N) is 1. The molecule has 4 atom stereocenters. The normalized spacial score (nSPS) is 33.1. The van der Waals surface area contributed by atoms with Gasteiger partial charge in [-0.05, 0) is 11.1 Å². The Balaban J connectivity index is 1.88. The molecule has 2 bridgehead atoms. The van der Waals surface area contributed by atoms with Crippen molar-refractivity contribution in [3.8, 4) is 0 Å². The molecule has 5 rings (SSSR count). The molecule has 21 heavy (non-hydrogen) atoms. The first-order valence-corrected chi connectivity index (χ1v) is 7.22. The SMILES string of the molecule is C=CCN1C(=O)[C@@H]2[C@H](C1=O)[C@@H]1CC(=O)[C@H]2c2ccccc21. The fourth-order valence-electron chi connectivity index (χ4n) is 4.33. The first-order chi connectivity index (χ1) is 10.1. The first-order valence-electron chi connectivity index (χ1n) is 7.22. The lowest BCUT2D eigenvalue weighted by Gasteiger charge is -2.43. The summed E-state index contributed by atoms with van der Waals surface area (Å²) in [7, 11) is 0. The lowest BCUT2D eigenvalue weighted by molar-refractivity contribution is -0.139. The fraction of sp³-hybridized carbons (Fsp3) is 0.353. The Hall–Kier alpha value is -2.23. The number of carbonyl (C=O) groups excluding carboxylic acids is 3. The highest BCUT2D eigenvalue weighted by molar-refractivity contribution is 6.11. The molecule has 1 saturated heterocycles. The van der Waals surface area contributed by atoms with Gasteiger partial charge in [-0.25, -0.2) is 0 Å². The maximum absolute atomic E-state index is 12.6. The lowest BCUT2D eigenvalue weighted by atomic mass is 9.56. The van der Waals surface area contributed by atoms with E-state index in [-0.39, 0.29) is 36.0 Å². The Kier molecular flexibility index (Phi) is 2.46. The summed E-state index contributed by atoms with van der Waals surface area (Å²) >= 11 is 0. The summed E-state index contributed by atoms with van der Waals surface area (Å²) in [4.78, 5) is 38.8. The van der Waals surface area contributed by atoms with Crippen molar-refractivity contribution in [2.75, 3.05) is 6.54 Å². The summed E-state index contributed by atoms with van der Waals surface area (Å²) in [6.07, 6.45) is 1.94. The van der Waals surface area contributed by atoms with Crippen LogP contribution in [0.2, 0.25) is 0 Å². The van der Waals surface area contributed by atoms with Crippen molar-refractivity contribution in [1.29, 1.82) is 0 Å². The summed E-state index contributed by atoms with van der Waals surface area (Å²) in [6.45, 7) is 3.84. The van der Waals surface area contributed by atoms with E-state index >= 15 is 0 Å². The van der Waals surface area contributed by atoms with Crippen LogP contribution in [-0.2, 0) is 14.4 Å². The number of benzene rings is 1. The minimum Gasteiger partial charge on any atom is -0.299 e. The van der Waals surface area contributed by atoms with E-state index in [0.717, 1.165) is 11.1 Å². The average Bonchev–Trinajstić information content (AvgIpc) is 2.74. The van der Waals surface area contributed by atoms with Gasteiger partial charge in [0.1, 0.15) is 5.78 Å². The smallest absolute Gasteiger partial charge is 0.234 e. The predicted molar refractivity (Wildman–Crippen MR) is 75.4 cm³/mol. The third-order valence-corrected chi connectivity index (χ3v) is 5.09. The van der Waals surface area contributed by atoms with Crippen LogP contribution in [0.1, 0.15) is 29.4 Å². The number of hydrogen-bond donors (Lipinski definition) is 0. The molecule has 3 aliphatic carbocycles. The summed E-state index contributed by atoms with van der Waals surface area (Å²) < 4.78 is 0. The zero-order chi connectivity index (χ0) is 14.7. The van der Waals surface area contributed by atoms with E-state index in [4.69, 9.17) is 0 Å². The van der Waals surface area contributed by atoms with Crippen molar-refractivity contribution in [3.05, 3.63) is 48.0 Å². The number of imide groups is 1. The van der Waals surface area contributed by atoms with Gasteiger partial charge in [0.15, 0.2) is 0 Å². The largest absolute Gasteiger partial charge is 0.299 e. The molecule has 0 radical (unpaired) electrons. The molecule has 0 spiro atoms. The van der Waals surface area contributed by atoms with Gasteiger partial charge in [0.25, 0.3) is 0 Å². The summed E-state index contributed by atoms with van der Waals surface area (Å²) in [6, 6.07) is 7.74. The lowest BCUT2D eigenvalue weighted by Crippen LogP contribution is -2.44. The molecule has 4 aliphatic rings. The number of amides is 2. The van der Waals surface area contributed by atoms with Crippen molar-refractivity contribution in [2.45, 2.75) is 18.3 Å². The number of hydrogen-bond acceptors (Lipinski definition) is 3. The number of fused-ring (bicyclic) bond motifs is 1. The van der Waals surface area contributed by atoms with Crippen LogP contribution < -0.4 is 0 Å². The molecule has 2 fully saturated rings. The minimum atomic E-state index is -0.501. The van der Waals surface area contributed by atoms with Crippen molar-refractivity contribution < 1.29 is 14.4 Å². The number of rotatable bonds is 2. The van der Waals surface area contributed by atoms with E-state index in [9.17, 15) is 14.4 Å². The van der Waals surface area contributed by atoms with Crippen molar-refractivity contribution in [2.24, 2.45) is 11.8 Å². The van der Waals surface area contributed by atoms with Crippen LogP contribution in [0.15, 0.2) is 36.9 Å². The Morgan fingerprint density at radius 2 is 1.76 bits per heavy atom. The summed E-state index contributed by atoms with van der Waals surface area (Å²) in [5.74, 6) is -1.70. The van der Waals surface area contributed by atoms with Crippen LogP contribution in [0.4, 0.5) is 0 Å². The van der Waals surface area contributed by atoms with Crippen LogP contribution in [0.25, 0.3) is 0 Å². The van der Waals surface area contributed by atoms with Gasteiger partial charge in [0.2, 0.25) is 11.8 Å². The third-order valence-electron chi connectivity index (χ3n) is 5.09. The molecule has 4 nitrogen and oxygen atoms in total. The van der Waals surface area contributed by atoms with Gasteiger partial charge in [-0.3, -0.25) is 19.3 Å². The predicted octanol–water partition coefficient (Wildman–Crippen LogP) is 1.63. The number of likely N-dealkylation sites (tertiary alicyclic amines) is 1.